The number of rotatable bonds is 3. The van der Waals surface area contributed by atoms with Gasteiger partial charge in [0.1, 0.15) is 0 Å². The van der Waals surface area contributed by atoms with Crippen LogP contribution in [0.25, 0.3) is 0 Å². The lowest BCUT2D eigenvalue weighted by Gasteiger charge is -2.14. The summed E-state index contributed by atoms with van der Waals surface area (Å²) in [6, 6.07) is 0.00838. The SMILES string of the molecule is O=C(CCBr)NC1COCCOC1. The van der Waals surface area contributed by atoms with Crippen LogP contribution in [0.15, 0.2) is 0 Å². The molecule has 0 spiro atoms. The molecule has 5 heteroatoms. The lowest BCUT2D eigenvalue weighted by Crippen LogP contribution is -2.40. The van der Waals surface area contributed by atoms with Crippen molar-refractivity contribution in [1.29, 1.82) is 0 Å². The number of alkyl halides is 1. The molecule has 0 aromatic heterocycles. The second kappa shape index (κ2) is 6.34. The first-order valence-corrected chi connectivity index (χ1v) is 5.46. The Bertz CT molecular complexity index is 157. The maximum Gasteiger partial charge on any atom is 0.221 e. The number of hydrogen-bond donors (Lipinski definition) is 1. The second-order valence-electron chi connectivity index (χ2n) is 2.85. The van der Waals surface area contributed by atoms with E-state index < -0.39 is 0 Å². The number of amides is 1. The molecular formula is C8H14BrNO3. The van der Waals surface area contributed by atoms with E-state index in [1.54, 1.807) is 0 Å². The Morgan fingerprint density at radius 2 is 2.00 bits per heavy atom. The zero-order chi connectivity index (χ0) is 9.52. The second-order valence-corrected chi connectivity index (χ2v) is 3.65. The third-order valence-electron chi connectivity index (χ3n) is 1.70. The van der Waals surface area contributed by atoms with Crippen LogP contribution in [0.1, 0.15) is 6.42 Å². The summed E-state index contributed by atoms with van der Waals surface area (Å²) in [5, 5.41) is 3.53. The van der Waals surface area contributed by atoms with Crippen molar-refractivity contribution in [1.82, 2.24) is 5.32 Å². The highest BCUT2D eigenvalue weighted by atomic mass is 79.9. The van der Waals surface area contributed by atoms with E-state index in [1.807, 2.05) is 0 Å². The normalized spacial score (nSPS) is 19.5. The Labute approximate surface area is 86.1 Å². The molecule has 13 heavy (non-hydrogen) atoms. The van der Waals surface area contributed by atoms with Crippen molar-refractivity contribution < 1.29 is 14.3 Å². The summed E-state index contributed by atoms with van der Waals surface area (Å²) >= 11 is 3.21. The fourth-order valence-electron chi connectivity index (χ4n) is 1.09. The monoisotopic (exact) mass is 251 g/mol. The molecule has 1 fully saturated rings. The number of hydrogen-bond acceptors (Lipinski definition) is 3. The third kappa shape index (κ3) is 4.59. The van der Waals surface area contributed by atoms with Crippen molar-refractivity contribution in [3.63, 3.8) is 0 Å². The topological polar surface area (TPSA) is 47.6 Å². The van der Waals surface area contributed by atoms with Gasteiger partial charge in [0.2, 0.25) is 5.91 Å². The molecule has 0 bridgehead atoms. The van der Waals surface area contributed by atoms with Gasteiger partial charge in [-0.15, -0.1) is 0 Å². The standard InChI is InChI=1S/C8H14BrNO3/c9-2-1-8(11)10-7-5-12-3-4-13-6-7/h7H,1-6H2,(H,10,11). The summed E-state index contributed by atoms with van der Waals surface area (Å²) in [4.78, 5) is 11.2. The third-order valence-corrected chi connectivity index (χ3v) is 2.09. The average molecular weight is 252 g/mol. The van der Waals surface area contributed by atoms with Crippen molar-refractivity contribution in [3.05, 3.63) is 0 Å². The molecule has 0 unspecified atom stereocenters. The highest BCUT2D eigenvalue weighted by molar-refractivity contribution is 9.09. The van der Waals surface area contributed by atoms with Crippen molar-refractivity contribution in [2.45, 2.75) is 12.5 Å². The molecule has 0 atom stereocenters. The fourth-order valence-corrected chi connectivity index (χ4v) is 1.45. The van der Waals surface area contributed by atoms with Gasteiger partial charge in [0.05, 0.1) is 32.5 Å². The van der Waals surface area contributed by atoms with Crippen LogP contribution in [0.2, 0.25) is 0 Å². The molecular weight excluding hydrogens is 238 g/mol. The predicted molar refractivity (Wildman–Crippen MR) is 52.0 cm³/mol. The largest absolute Gasteiger partial charge is 0.377 e. The molecule has 0 saturated carbocycles. The Hall–Kier alpha value is -0.130. The van der Waals surface area contributed by atoms with Gasteiger partial charge in [0.25, 0.3) is 0 Å². The van der Waals surface area contributed by atoms with Crippen LogP contribution in [0.5, 0.6) is 0 Å². The summed E-state index contributed by atoms with van der Waals surface area (Å²) < 4.78 is 10.5. The predicted octanol–water partition coefficient (Wildman–Crippen LogP) is 0.303. The maximum absolute atomic E-state index is 11.2. The van der Waals surface area contributed by atoms with E-state index in [9.17, 15) is 4.79 Å². The van der Waals surface area contributed by atoms with Crippen molar-refractivity contribution in [3.8, 4) is 0 Å². The maximum atomic E-state index is 11.2. The summed E-state index contributed by atoms with van der Waals surface area (Å²) in [6.07, 6.45) is 0.497. The first-order chi connectivity index (χ1) is 6.33. The lowest BCUT2D eigenvalue weighted by molar-refractivity contribution is -0.122. The number of nitrogens with one attached hydrogen (secondary N) is 1. The molecule has 0 aromatic carbocycles. The van der Waals surface area contributed by atoms with E-state index in [-0.39, 0.29) is 11.9 Å². The summed E-state index contributed by atoms with van der Waals surface area (Å²) in [5.74, 6) is 0.0379. The van der Waals surface area contributed by atoms with Crippen molar-refractivity contribution >= 4 is 21.8 Å². The number of carbonyl (C=O) groups excluding carboxylic acids is 1. The minimum Gasteiger partial charge on any atom is -0.377 e. The minimum atomic E-state index is 0.00838. The smallest absolute Gasteiger partial charge is 0.221 e. The molecule has 1 rings (SSSR count). The first-order valence-electron chi connectivity index (χ1n) is 4.33. The Kier molecular flexibility index (Phi) is 5.34. The van der Waals surface area contributed by atoms with E-state index in [4.69, 9.17) is 9.47 Å². The quantitative estimate of drug-likeness (QED) is 0.735. The van der Waals surface area contributed by atoms with Gasteiger partial charge >= 0.3 is 0 Å². The number of ether oxygens (including phenoxy) is 2. The molecule has 0 aliphatic carbocycles. The van der Waals surface area contributed by atoms with Gasteiger partial charge in [-0.05, 0) is 0 Å². The summed E-state index contributed by atoms with van der Waals surface area (Å²) in [5.41, 5.74) is 0. The molecule has 1 heterocycles. The highest BCUT2D eigenvalue weighted by Crippen LogP contribution is 1.96. The van der Waals surface area contributed by atoms with Crippen molar-refractivity contribution in [2.24, 2.45) is 0 Å². The first kappa shape index (κ1) is 10.9. The minimum absolute atomic E-state index is 0.00838. The van der Waals surface area contributed by atoms with Crippen LogP contribution in [-0.4, -0.2) is 43.7 Å². The van der Waals surface area contributed by atoms with Crippen LogP contribution in [-0.2, 0) is 14.3 Å². The van der Waals surface area contributed by atoms with E-state index >= 15 is 0 Å². The van der Waals surface area contributed by atoms with Crippen molar-refractivity contribution in [2.75, 3.05) is 31.8 Å². The van der Waals surface area contributed by atoms with Crippen LogP contribution in [0.4, 0.5) is 0 Å². The zero-order valence-corrected chi connectivity index (χ0v) is 9.01. The van der Waals surface area contributed by atoms with Gasteiger partial charge in [-0.25, -0.2) is 0 Å². The van der Waals surface area contributed by atoms with Gasteiger partial charge in [-0.3, -0.25) is 4.79 Å². The van der Waals surface area contributed by atoms with Crippen LogP contribution in [0.3, 0.4) is 0 Å². The van der Waals surface area contributed by atoms with E-state index in [0.717, 1.165) is 0 Å². The van der Waals surface area contributed by atoms with Gasteiger partial charge in [-0.2, -0.15) is 0 Å². The van der Waals surface area contributed by atoms with E-state index in [2.05, 4.69) is 21.2 Å². The molecule has 1 aliphatic heterocycles. The van der Waals surface area contributed by atoms with E-state index in [1.165, 1.54) is 0 Å². The van der Waals surface area contributed by atoms with Gasteiger partial charge < -0.3 is 14.8 Å². The van der Waals surface area contributed by atoms with E-state index in [0.29, 0.717) is 38.2 Å². The van der Waals surface area contributed by atoms with Gasteiger partial charge in [0.15, 0.2) is 0 Å². The molecule has 76 valence electrons. The number of halogens is 1. The molecule has 1 saturated heterocycles. The fraction of sp³-hybridized carbons (Fsp3) is 0.875. The Morgan fingerprint density at radius 1 is 1.38 bits per heavy atom. The Balaban J connectivity index is 2.21. The lowest BCUT2D eigenvalue weighted by atomic mass is 10.3. The summed E-state index contributed by atoms with van der Waals surface area (Å²) in [7, 11) is 0. The zero-order valence-electron chi connectivity index (χ0n) is 7.42. The molecule has 1 amide bonds. The average Bonchev–Trinajstić information content (AvgIpc) is 2.33. The molecule has 1 N–H and O–H groups in total. The molecule has 0 radical (unpaired) electrons. The van der Waals surface area contributed by atoms with Gasteiger partial charge in [0, 0.05) is 11.8 Å². The summed E-state index contributed by atoms with van der Waals surface area (Å²) in [6.45, 7) is 2.33. The molecule has 4 nitrogen and oxygen atoms in total. The highest BCUT2D eigenvalue weighted by Gasteiger charge is 2.14. The van der Waals surface area contributed by atoms with Crippen LogP contribution >= 0.6 is 15.9 Å². The van der Waals surface area contributed by atoms with Crippen LogP contribution in [0, 0.1) is 0 Å². The Morgan fingerprint density at radius 3 is 2.54 bits per heavy atom. The van der Waals surface area contributed by atoms with Gasteiger partial charge in [-0.1, -0.05) is 15.9 Å². The van der Waals surface area contributed by atoms with Crippen LogP contribution < -0.4 is 5.32 Å². The molecule has 1 aliphatic rings. The number of carbonyl (C=O) groups is 1. The molecule has 0 aromatic rings.